The lowest BCUT2D eigenvalue weighted by atomic mass is 9.87. The molecule has 0 amide bonds. The number of nitrogens with zero attached hydrogens (tertiary/aromatic N) is 4. The molecule has 0 saturated heterocycles. The fraction of sp³-hybridized carbons (Fsp3) is 0. The average Bonchev–Trinajstić information content (AvgIpc) is 3.40. The lowest BCUT2D eigenvalue weighted by molar-refractivity contribution is 1.07. The maximum absolute atomic E-state index is 9.77. The molecule has 4 heteroatoms. The van der Waals surface area contributed by atoms with Crippen LogP contribution in [0.4, 0.5) is 0 Å². The van der Waals surface area contributed by atoms with Gasteiger partial charge in [0.15, 0.2) is 17.5 Å². The third-order valence-electron chi connectivity index (χ3n) is 12.8. The molecule has 0 bridgehead atoms. The van der Waals surface area contributed by atoms with E-state index in [9.17, 15) is 5.26 Å². The minimum atomic E-state index is 0.615. The van der Waals surface area contributed by atoms with Crippen LogP contribution in [0.3, 0.4) is 0 Å². The van der Waals surface area contributed by atoms with Crippen molar-refractivity contribution in [2.45, 2.75) is 0 Å². The van der Waals surface area contributed by atoms with Crippen LogP contribution in [0.15, 0.2) is 231 Å². The van der Waals surface area contributed by atoms with Crippen LogP contribution in [-0.4, -0.2) is 15.0 Å². The van der Waals surface area contributed by atoms with Gasteiger partial charge in [-0.2, -0.15) is 5.26 Å². The van der Waals surface area contributed by atoms with E-state index >= 15 is 0 Å². The lowest BCUT2D eigenvalue weighted by Crippen LogP contribution is -2.00. The molecule has 66 heavy (non-hydrogen) atoms. The molecule has 0 spiro atoms. The highest BCUT2D eigenvalue weighted by atomic mass is 15.0. The van der Waals surface area contributed by atoms with Crippen molar-refractivity contribution in [1.29, 1.82) is 5.26 Å². The Morgan fingerprint density at radius 1 is 0.242 bits per heavy atom. The van der Waals surface area contributed by atoms with Crippen molar-refractivity contribution in [3.8, 4) is 84.7 Å². The van der Waals surface area contributed by atoms with Gasteiger partial charge in [-0.3, -0.25) is 0 Å². The van der Waals surface area contributed by atoms with Gasteiger partial charge in [0.05, 0.1) is 11.6 Å². The summed E-state index contributed by atoms with van der Waals surface area (Å²) in [5.41, 5.74) is 12.5. The molecule has 4 nitrogen and oxygen atoms in total. The van der Waals surface area contributed by atoms with Crippen LogP contribution in [0.1, 0.15) is 5.56 Å². The number of nitriles is 1. The fourth-order valence-electron chi connectivity index (χ4n) is 9.55. The summed E-state index contributed by atoms with van der Waals surface area (Å²) in [6, 6.07) is 83.2. The third kappa shape index (κ3) is 6.84. The predicted octanol–water partition coefficient (Wildman–Crippen LogP) is 16.0. The molecule has 0 saturated carbocycles. The van der Waals surface area contributed by atoms with Gasteiger partial charge < -0.3 is 0 Å². The molecule has 0 radical (unpaired) electrons. The van der Waals surface area contributed by atoms with E-state index in [1.54, 1.807) is 0 Å². The van der Waals surface area contributed by atoms with Crippen molar-refractivity contribution in [1.82, 2.24) is 15.0 Å². The molecule has 0 N–H and O–H groups in total. The summed E-state index contributed by atoms with van der Waals surface area (Å²) >= 11 is 0. The van der Waals surface area contributed by atoms with Crippen molar-refractivity contribution in [2.75, 3.05) is 0 Å². The average molecular weight is 839 g/mol. The summed E-state index contributed by atoms with van der Waals surface area (Å²) in [6.07, 6.45) is 0. The van der Waals surface area contributed by atoms with Crippen LogP contribution in [0.25, 0.3) is 122 Å². The van der Waals surface area contributed by atoms with Crippen LogP contribution in [0.2, 0.25) is 0 Å². The second-order valence-corrected chi connectivity index (χ2v) is 16.6. The molecule has 0 aliphatic heterocycles. The molecular formula is C62H38N4. The van der Waals surface area contributed by atoms with Gasteiger partial charge in [-0.1, -0.05) is 200 Å². The van der Waals surface area contributed by atoms with Gasteiger partial charge in [0.25, 0.3) is 0 Å². The van der Waals surface area contributed by atoms with E-state index in [4.69, 9.17) is 15.0 Å². The second-order valence-electron chi connectivity index (χ2n) is 16.6. The molecule has 1 heterocycles. The number of aromatic nitrogens is 3. The quantitative estimate of drug-likeness (QED) is 0.150. The van der Waals surface area contributed by atoms with E-state index in [1.807, 2.05) is 60.7 Å². The normalized spacial score (nSPS) is 11.3. The topological polar surface area (TPSA) is 62.5 Å². The SMILES string of the molecule is N#Cc1ccc(-c2ccc(-c3cc4c5ccccc5c(-c5cccc(-c6nc(-c7ccccc7)nc(-c7cccc(-c8ccccc8)c7)n6)c5)cc4c4ccccc34)cc2)c2ccccc12. The maximum Gasteiger partial charge on any atom is 0.164 e. The Balaban J connectivity index is 0.983. The predicted molar refractivity (Wildman–Crippen MR) is 273 cm³/mol. The fourth-order valence-corrected chi connectivity index (χ4v) is 9.55. The molecule has 12 rings (SSSR count). The Kier molecular flexibility index (Phi) is 9.51. The van der Waals surface area contributed by atoms with Gasteiger partial charge in [-0.05, 0) is 113 Å². The van der Waals surface area contributed by atoms with Gasteiger partial charge >= 0.3 is 0 Å². The van der Waals surface area contributed by atoms with Crippen LogP contribution >= 0.6 is 0 Å². The van der Waals surface area contributed by atoms with Gasteiger partial charge in [-0.15, -0.1) is 0 Å². The van der Waals surface area contributed by atoms with E-state index < -0.39 is 0 Å². The maximum atomic E-state index is 9.77. The van der Waals surface area contributed by atoms with E-state index in [0.717, 1.165) is 66.4 Å². The Bertz CT molecular complexity index is 3870. The summed E-state index contributed by atoms with van der Waals surface area (Å²) in [6.45, 7) is 0. The van der Waals surface area contributed by atoms with Crippen molar-refractivity contribution >= 4 is 43.1 Å². The Hall–Kier alpha value is -9.04. The van der Waals surface area contributed by atoms with E-state index in [-0.39, 0.29) is 0 Å². The van der Waals surface area contributed by atoms with Crippen molar-refractivity contribution in [3.05, 3.63) is 236 Å². The molecule has 306 valence electrons. The molecular weight excluding hydrogens is 801 g/mol. The van der Waals surface area contributed by atoms with Crippen molar-refractivity contribution < 1.29 is 0 Å². The number of rotatable bonds is 7. The first-order chi connectivity index (χ1) is 32.7. The first kappa shape index (κ1) is 38.6. The number of fused-ring (bicyclic) bond motifs is 6. The number of hydrogen-bond acceptors (Lipinski definition) is 4. The minimum absolute atomic E-state index is 0.615. The van der Waals surface area contributed by atoms with Crippen molar-refractivity contribution in [3.63, 3.8) is 0 Å². The molecule has 1 aromatic heterocycles. The van der Waals surface area contributed by atoms with Crippen LogP contribution < -0.4 is 0 Å². The summed E-state index contributed by atoms with van der Waals surface area (Å²) in [5, 5.41) is 19.0. The first-order valence-corrected chi connectivity index (χ1v) is 22.1. The first-order valence-electron chi connectivity index (χ1n) is 22.1. The van der Waals surface area contributed by atoms with Crippen LogP contribution in [0.5, 0.6) is 0 Å². The third-order valence-corrected chi connectivity index (χ3v) is 12.8. The van der Waals surface area contributed by atoms with E-state index in [1.165, 1.54) is 37.9 Å². The van der Waals surface area contributed by atoms with E-state index in [0.29, 0.717) is 23.0 Å². The highest BCUT2D eigenvalue weighted by Crippen LogP contribution is 2.43. The van der Waals surface area contributed by atoms with Gasteiger partial charge in [0, 0.05) is 22.1 Å². The standard InChI is InChI=1S/C62H38N4/c63-39-48-33-34-50(51-24-8-7-23-49(48)51)41-29-31-42(32-30-41)56-37-58-55-28-12-10-26-53(55)57(38-59(58)54-27-11-9-25-52(54)56)45-20-14-22-47(36-45)62-65-60(43-17-5-2-6-18-43)64-61(66-62)46-21-13-19-44(35-46)40-15-3-1-4-16-40/h1-38H. The molecule has 0 unspecified atom stereocenters. The Morgan fingerprint density at radius 2 is 0.636 bits per heavy atom. The molecule has 12 aromatic rings. The Labute approximate surface area is 382 Å². The zero-order valence-corrected chi connectivity index (χ0v) is 35.7. The summed E-state index contributed by atoms with van der Waals surface area (Å²) < 4.78 is 0. The summed E-state index contributed by atoms with van der Waals surface area (Å²) in [5.74, 6) is 1.86. The lowest BCUT2D eigenvalue weighted by Gasteiger charge is -2.17. The largest absolute Gasteiger partial charge is 0.208 e. The highest BCUT2D eigenvalue weighted by Gasteiger charge is 2.18. The van der Waals surface area contributed by atoms with Crippen molar-refractivity contribution in [2.24, 2.45) is 0 Å². The highest BCUT2D eigenvalue weighted by molar-refractivity contribution is 6.24. The molecule has 0 atom stereocenters. The molecule has 0 aliphatic carbocycles. The van der Waals surface area contributed by atoms with Gasteiger partial charge in [-0.25, -0.2) is 15.0 Å². The minimum Gasteiger partial charge on any atom is -0.208 e. The van der Waals surface area contributed by atoms with Crippen LogP contribution in [-0.2, 0) is 0 Å². The summed E-state index contributed by atoms with van der Waals surface area (Å²) in [4.78, 5) is 15.3. The van der Waals surface area contributed by atoms with E-state index in [2.05, 4.69) is 176 Å². The second kappa shape index (κ2) is 16.3. The molecule has 0 aliphatic rings. The summed E-state index contributed by atoms with van der Waals surface area (Å²) in [7, 11) is 0. The zero-order valence-electron chi connectivity index (χ0n) is 35.7. The van der Waals surface area contributed by atoms with Gasteiger partial charge in [0.1, 0.15) is 0 Å². The zero-order chi connectivity index (χ0) is 44.0. The molecule has 0 fully saturated rings. The van der Waals surface area contributed by atoms with Gasteiger partial charge in [0.2, 0.25) is 0 Å². The Morgan fingerprint density at radius 3 is 1.20 bits per heavy atom. The number of hydrogen-bond donors (Lipinski definition) is 0. The van der Waals surface area contributed by atoms with Crippen LogP contribution in [0, 0.1) is 11.3 Å². The smallest absolute Gasteiger partial charge is 0.164 e. The monoisotopic (exact) mass is 838 g/mol. The number of benzene rings is 11. The molecule has 11 aromatic carbocycles.